The summed E-state index contributed by atoms with van der Waals surface area (Å²) in [5.74, 6) is 2.23. The molecule has 0 aromatic rings. The third kappa shape index (κ3) is 2.03. The molecule has 4 nitrogen and oxygen atoms in total. The molecule has 0 spiro atoms. The highest BCUT2D eigenvalue weighted by Gasteiger charge is 2.58. The lowest BCUT2D eigenvalue weighted by molar-refractivity contribution is -0.147. The van der Waals surface area contributed by atoms with E-state index in [9.17, 15) is 10.1 Å². The van der Waals surface area contributed by atoms with Crippen LogP contribution in [0.4, 0.5) is 0 Å². The zero-order valence-electron chi connectivity index (χ0n) is 12.4. The fourth-order valence-corrected chi connectivity index (χ4v) is 5.06. The second kappa shape index (κ2) is 5.04. The van der Waals surface area contributed by atoms with Crippen LogP contribution in [0.15, 0.2) is 0 Å². The van der Waals surface area contributed by atoms with Gasteiger partial charge in [0.05, 0.1) is 12.7 Å². The summed E-state index contributed by atoms with van der Waals surface area (Å²) in [5, 5.41) is 13.2. The van der Waals surface area contributed by atoms with Gasteiger partial charge in [0, 0.05) is 0 Å². The molecule has 0 aliphatic heterocycles. The van der Waals surface area contributed by atoms with E-state index in [1.165, 1.54) is 6.42 Å². The van der Waals surface area contributed by atoms with Gasteiger partial charge in [-0.15, -0.1) is 0 Å². The number of carbonyl (C=O) groups excluding carboxylic acids is 1. The van der Waals surface area contributed by atoms with Crippen LogP contribution in [0.3, 0.4) is 0 Å². The summed E-state index contributed by atoms with van der Waals surface area (Å²) in [6, 6.07) is 2.17. The van der Waals surface area contributed by atoms with E-state index in [2.05, 4.69) is 11.4 Å². The Morgan fingerprint density at radius 2 is 1.85 bits per heavy atom. The van der Waals surface area contributed by atoms with Gasteiger partial charge in [-0.3, -0.25) is 10.1 Å². The second-order valence-corrected chi connectivity index (χ2v) is 6.90. The predicted octanol–water partition coefficient (Wildman–Crippen LogP) is 2.25. The molecule has 0 radical (unpaired) electrons. The van der Waals surface area contributed by atoms with E-state index >= 15 is 0 Å². The SMILES string of the molecule is CCOC(=O)C(C)NC1(C#N)C2CC3CC(C2)CC1C3. The molecule has 1 N–H and O–H groups in total. The lowest BCUT2D eigenvalue weighted by Crippen LogP contribution is -2.66. The third-order valence-corrected chi connectivity index (χ3v) is 5.71. The topological polar surface area (TPSA) is 62.1 Å². The van der Waals surface area contributed by atoms with Crippen molar-refractivity contribution >= 4 is 5.97 Å². The average Bonchev–Trinajstić information content (AvgIpc) is 2.42. The van der Waals surface area contributed by atoms with Crippen molar-refractivity contribution in [2.45, 2.75) is 57.5 Å². The number of nitriles is 1. The molecule has 0 aromatic carbocycles. The van der Waals surface area contributed by atoms with Crippen molar-refractivity contribution in [3.05, 3.63) is 0 Å². The molecule has 4 heteroatoms. The van der Waals surface area contributed by atoms with E-state index in [1.807, 2.05) is 13.8 Å². The van der Waals surface area contributed by atoms with Crippen LogP contribution in [0.5, 0.6) is 0 Å². The van der Waals surface area contributed by atoms with E-state index in [-0.39, 0.29) is 5.97 Å². The van der Waals surface area contributed by atoms with Gasteiger partial charge in [0.1, 0.15) is 11.6 Å². The number of nitrogens with one attached hydrogen (secondary N) is 1. The Morgan fingerprint density at radius 3 is 2.30 bits per heavy atom. The lowest BCUT2D eigenvalue weighted by Gasteiger charge is -2.59. The standard InChI is InChI=1S/C16H24N2O2/c1-3-20-15(19)10(2)18-16(9-17)13-5-11-4-12(7-13)8-14(16)6-11/h10-14,18H,3-8H2,1-2H3. The van der Waals surface area contributed by atoms with Crippen molar-refractivity contribution < 1.29 is 9.53 Å². The summed E-state index contributed by atoms with van der Waals surface area (Å²) in [7, 11) is 0. The summed E-state index contributed by atoms with van der Waals surface area (Å²) in [5.41, 5.74) is -0.500. The largest absolute Gasteiger partial charge is 0.465 e. The van der Waals surface area contributed by atoms with Gasteiger partial charge in [-0.05, 0) is 69.6 Å². The smallest absolute Gasteiger partial charge is 0.322 e. The molecule has 4 rings (SSSR count). The van der Waals surface area contributed by atoms with Crippen molar-refractivity contribution in [3.63, 3.8) is 0 Å². The molecule has 0 heterocycles. The fraction of sp³-hybridized carbons (Fsp3) is 0.875. The Morgan fingerprint density at radius 1 is 1.30 bits per heavy atom. The minimum atomic E-state index is -0.500. The molecule has 1 atom stereocenters. The van der Waals surface area contributed by atoms with Gasteiger partial charge in [0.2, 0.25) is 0 Å². The molecule has 0 saturated heterocycles. The first kappa shape index (κ1) is 13.9. The number of carbonyl (C=O) groups is 1. The predicted molar refractivity (Wildman–Crippen MR) is 74.6 cm³/mol. The number of nitrogens with zero attached hydrogens (tertiary/aromatic N) is 1. The molecule has 4 bridgehead atoms. The van der Waals surface area contributed by atoms with Gasteiger partial charge < -0.3 is 4.74 Å². The van der Waals surface area contributed by atoms with Crippen LogP contribution in [0, 0.1) is 35.0 Å². The Kier molecular flexibility index (Phi) is 3.50. The zero-order valence-corrected chi connectivity index (χ0v) is 12.4. The van der Waals surface area contributed by atoms with Crippen molar-refractivity contribution in [2.75, 3.05) is 6.61 Å². The molecular weight excluding hydrogens is 252 g/mol. The summed E-state index contributed by atoms with van der Waals surface area (Å²) >= 11 is 0. The second-order valence-electron chi connectivity index (χ2n) is 6.90. The van der Waals surface area contributed by atoms with Crippen molar-refractivity contribution in [1.82, 2.24) is 5.32 Å². The van der Waals surface area contributed by atoms with Crippen LogP contribution in [0.2, 0.25) is 0 Å². The molecule has 4 fully saturated rings. The third-order valence-electron chi connectivity index (χ3n) is 5.71. The minimum Gasteiger partial charge on any atom is -0.465 e. The van der Waals surface area contributed by atoms with Crippen LogP contribution < -0.4 is 5.32 Å². The Balaban J connectivity index is 1.78. The van der Waals surface area contributed by atoms with Gasteiger partial charge >= 0.3 is 5.97 Å². The Labute approximate surface area is 120 Å². The molecule has 4 aliphatic carbocycles. The summed E-state index contributed by atoms with van der Waals surface area (Å²) in [6.07, 6.45) is 5.99. The van der Waals surface area contributed by atoms with Gasteiger partial charge in [0.25, 0.3) is 0 Å². The van der Waals surface area contributed by atoms with E-state index < -0.39 is 11.6 Å². The number of ether oxygens (including phenoxy) is 1. The fourth-order valence-electron chi connectivity index (χ4n) is 5.06. The average molecular weight is 276 g/mol. The summed E-state index contributed by atoms with van der Waals surface area (Å²) in [4.78, 5) is 11.9. The maximum atomic E-state index is 11.9. The van der Waals surface area contributed by atoms with E-state index in [1.54, 1.807) is 0 Å². The molecule has 1 unspecified atom stereocenters. The van der Waals surface area contributed by atoms with E-state index in [0.717, 1.165) is 37.5 Å². The van der Waals surface area contributed by atoms with Crippen molar-refractivity contribution in [1.29, 1.82) is 5.26 Å². The quantitative estimate of drug-likeness (QED) is 0.800. The minimum absolute atomic E-state index is 0.240. The van der Waals surface area contributed by atoms with Crippen LogP contribution in [0.1, 0.15) is 46.0 Å². The van der Waals surface area contributed by atoms with Crippen LogP contribution in [-0.2, 0) is 9.53 Å². The lowest BCUT2D eigenvalue weighted by atomic mass is 9.49. The molecular formula is C16H24N2O2. The Bertz CT molecular complexity index is 412. The van der Waals surface area contributed by atoms with Gasteiger partial charge in [0.15, 0.2) is 0 Å². The first-order valence-electron chi connectivity index (χ1n) is 7.94. The van der Waals surface area contributed by atoms with Crippen molar-refractivity contribution in [2.24, 2.45) is 23.7 Å². The van der Waals surface area contributed by atoms with Crippen LogP contribution in [0.25, 0.3) is 0 Å². The normalized spacial score (nSPS) is 43.0. The molecule has 0 amide bonds. The molecule has 110 valence electrons. The van der Waals surface area contributed by atoms with Gasteiger partial charge in [-0.1, -0.05) is 0 Å². The van der Waals surface area contributed by atoms with Gasteiger partial charge in [-0.2, -0.15) is 5.26 Å². The highest BCUT2D eigenvalue weighted by atomic mass is 16.5. The summed E-state index contributed by atoms with van der Waals surface area (Å²) < 4.78 is 5.08. The molecule has 4 aliphatic rings. The highest BCUT2D eigenvalue weighted by Crippen LogP contribution is 2.58. The first-order valence-corrected chi connectivity index (χ1v) is 7.94. The van der Waals surface area contributed by atoms with E-state index in [0.29, 0.717) is 18.4 Å². The van der Waals surface area contributed by atoms with Gasteiger partial charge in [-0.25, -0.2) is 0 Å². The molecule has 4 saturated carbocycles. The maximum absolute atomic E-state index is 11.9. The number of hydrogen-bond acceptors (Lipinski definition) is 4. The monoisotopic (exact) mass is 276 g/mol. The zero-order chi connectivity index (χ0) is 14.3. The van der Waals surface area contributed by atoms with Crippen LogP contribution in [-0.4, -0.2) is 24.2 Å². The maximum Gasteiger partial charge on any atom is 0.322 e. The Hall–Kier alpha value is -1.08. The summed E-state index contributed by atoms with van der Waals surface area (Å²) in [6.45, 7) is 4.02. The molecule has 20 heavy (non-hydrogen) atoms. The highest BCUT2D eigenvalue weighted by molar-refractivity contribution is 5.75. The number of hydrogen-bond donors (Lipinski definition) is 1. The van der Waals surface area contributed by atoms with Crippen molar-refractivity contribution in [3.8, 4) is 6.07 Å². The molecule has 0 aromatic heterocycles. The number of esters is 1. The van der Waals surface area contributed by atoms with Crippen LogP contribution >= 0.6 is 0 Å². The number of rotatable bonds is 4. The first-order chi connectivity index (χ1) is 9.59. The van der Waals surface area contributed by atoms with E-state index in [4.69, 9.17) is 4.74 Å².